The Morgan fingerprint density at radius 2 is 2.15 bits per heavy atom. The molecule has 2 aromatic heterocycles. The molecule has 2 fully saturated rings. The predicted molar refractivity (Wildman–Crippen MR) is 102 cm³/mol. The largest absolute Gasteiger partial charge is 0.481 e. The molecule has 0 amide bonds. The molecule has 2 aliphatic rings. The van der Waals surface area contributed by atoms with Gasteiger partial charge in [0.15, 0.2) is 0 Å². The van der Waals surface area contributed by atoms with E-state index in [1.165, 1.54) is 11.3 Å². The zero-order valence-corrected chi connectivity index (χ0v) is 16.6. The molecule has 1 saturated heterocycles. The zero-order valence-electron chi connectivity index (χ0n) is 15.7. The van der Waals surface area contributed by atoms with Crippen LogP contribution in [-0.4, -0.2) is 46.7 Å². The van der Waals surface area contributed by atoms with Crippen molar-refractivity contribution in [1.82, 2.24) is 9.97 Å². The molecule has 7 nitrogen and oxygen atoms in total. The first-order valence-electron chi connectivity index (χ1n) is 9.30. The minimum Gasteiger partial charge on any atom is -0.481 e. The number of esters is 1. The van der Waals surface area contributed by atoms with Crippen LogP contribution in [-0.2, 0) is 9.53 Å². The molecule has 1 aliphatic heterocycles. The van der Waals surface area contributed by atoms with Crippen LogP contribution in [0.25, 0.3) is 10.2 Å². The van der Waals surface area contributed by atoms with E-state index in [0.717, 1.165) is 34.4 Å². The number of aryl methyl sites for hydroxylation is 2. The number of rotatable bonds is 4. The Hall–Kier alpha value is -2.22. The summed E-state index contributed by atoms with van der Waals surface area (Å²) >= 11 is 1.32. The lowest BCUT2D eigenvalue weighted by Gasteiger charge is -2.24. The SMILES string of the molecule is CCOC(=O)c1sc2nc(C)nc(N3C[C@@H]4CCC[C@@]4(C(=O)O)C3)c2c1C. The number of carbonyl (C=O) groups is 2. The van der Waals surface area contributed by atoms with E-state index in [0.29, 0.717) is 36.8 Å². The molecule has 4 rings (SSSR count). The van der Waals surface area contributed by atoms with Crippen LogP contribution in [0.15, 0.2) is 0 Å². The number of hydrogen-bond donors (Lipinski definition) is 1. The summed E-state index contributed by atoms with van der Waals surface area (Å²) in [5.74, 6) is 0.460. The molecule has 3 heterocycles. The monoisotopic (exact) mass is 389 g/mol. The Morgan fingerprint density at radius 3 is 2.81 bits per heavy atom. The van der Waals surface area contributed by atoms with Gasteiger partial charge in [-0.2, -0.15) is 0 Å². The smallest absolute Gasteiger partial charge is 0.348 e. The Kier molecular flexibility index (Phi) is 4.33. The number of nitrogens with zero attached hydrogens (tertiary/aromatic N) is 3. The van der Waals surface area contributed by atoms with Crippen molar-refractivity contribution in [2.75, 3.05) is 24.6 Å². The lowest BCUT2D eigenvalue weighted by Crippen LogP contribution is -2.35. The van der Waals surface area contributed by atoms with E-state index in [9.17, 15) is 14.7 Å². The Balaban J connectivity index is 1.81. The number of fused-ring (bicyclic) bond motifs is 2. The number of aromatic nitrogens is 2. The molecular weight excluding hydrogens is 366 g/mol. The second-order valence-electron chi connectivity index (χ2n) is 7.48. The molecular formula is C19H23N3O4S. The number of aliphatic carboxylic acids is 1. The van der Waals surface area contributed by atoms with Crippen LogP contribution in [0.4, 0.5) is 5.82 Å². The maximum Gasteiger partial charge on any atom is 0.348 e. The van der Waals surface area contributed by atoms with Crippen molar-refractivity contribution >= 4 is 39.3 Å². The van der Waals surface area contributed by atoms with E-state index < -0.39 is 11.4 Å². The number of carboxylic acid groups (broad SMARTS) is 1. The van der Waals surface area contributed by atoms with E-state index in [4.69, 9.17) is 4.74 Å². The van der Waals surface area contributed by atoms with Crippen molar-refractivity contribution in [3.63, 3.8) is 0 Å². The third-order valence-electron chi connectivity index (χ3n) is 5.94. The van der Waals surface area contributed by atoms with Gasteiger partial charge in [0.25, 0.3) is 0 Å². The average molecular weight is 389 g/mol. The van der Waals surface area contributed by atoms with E-state index in [-0.39, 0.29) is 11.9 Å². The minimum atomic E-state index is -0.705. The molecule has 0 bridgehead atoms. The van der Waals surface area contributed by atoms with Crippen LogP contribution in [0.2, 0.25) is 0 Å². The van der Waals surface area contributed by atoms with Gasteiger partial charge in [0.05, 0.1) is 17.4 Å². The minimum absolute atomic E-state index is 0.142. The molecule has 1 saturated carbocycles. The third-order valence-corrected chi connectivity index (χ3v) is 7.11. The van der Waals surface area contributed by atoms with Gasteiger partial charge in [0.1, 0.15) is 21.3 Å². The molecule has 2 atom stereocenters. The summed E-state index contributed by atoms with van der Waals surface area (Å²) in [5, 5.41) is 10.7. The number of ether oxygens (including phenoxy) is 1. The first-order valence-corrected chi connectivity index (χ1v) is 10.1. The van der Waals surface area contributed by atoms with Crippen LogP contribution < -0.4 is 4.90 Å². The van der Waals surface area contributed by atoms with Crippen LogP contribution in [0.5, 0.6) is 0 Å². The third kappa shape index (κ3) is 2.69. The van der Waals surface area contributed by atoms with Gasteiger partial charge in [-0.25, -0.2) is 14.8 Å². The molecule has 0 spiro atoms. The number of carboxylic acids is 1. The van der Waals surface area contributed by atoms with Crippen LogP contribution in [0.1, 0.15) is 47.2 Å². The number of hydrogen-bond acceptors (Lipinski definition) is 7. The van der Waals surface area contributed by atoms with Crippen molar-refractivity contribution in [1.29, 1.82) is 0 Å². The highest BCUT2D eigenvalue weighted by Crippen LogP contribution is 2.50. The number of carbonyl (C=O) groups excluding carboxylic acids is 1. The maximum atomic E-state index is 12.3. The van der Waals surface area contributed by atoms with Gasteiger partial charge < -0.3 is 14.7 Å². The topological polar surface area (TPSA) is 92.6 Å². The van der Waals surface area contributed by atoms with E-state index in [1.54, 1.807) is 6.92 Å². The lowest BCUT2D eigenvalue weighted by atomic mass is 9.81. The Morgan fingerprint density at radius 1 is 1.37 bits per heavy atom. The van der Waals surface area contributed by atoms with Gasteiger partial charge in [-0.05, 0) is 45.1 Å². The fraction of sp³-hybridized carbons (Fsp3) is 0.579. The van der Waals surface area contributed by atoms with Crippen molar-refractivity contribution in [2.45, 2.75) is 40.0 Å². The van der Waals surface area contributed by atoms with Gasteiger partial charge in [0, 0.05) is 13.1 Å². The van der Waals surface area contributed by atoms with Gasteiger partial charge in [-0.1, -0.05) is 6.42 Å². The van der Waals surface area contributed by atoms with Gasteiger partial charge in [0.2, 0.25) is 0 Å². The normalized spacial score (nSPS) is 24.4. The summed E-state index contributed by atoms with van der Waals surface area (Å²) < 4.78 is 5.17. The molecule has 0 radical (unpaired) electrons. The Labute approximate surface area is 161 Å². The highest BCUT2D eigenvalue weighted by atomic mass is 32.1. The first-order chi connectivity index (χ1) is 12.9. The zero-order chi connectivity index (χ0) is 19.3. The fourth-order valence-electron chi connectivity index (χ4n) is 4.64. The molecule has 0 unspecified atom stereocenters. The van der Waals surface area contributed by atoms with Gasteiger partial charge >= 0.3 is 11.9 Å². The first kappa shape index (κ1) is 18.2. The van der Waals surface area contributed by atoms with Crippen molar-refractivity contribution in [3.05, 3.63) is 16.3 Å². The fourth-order valence-corrected chi connectivity index (χ4v) is 5.76. The molecule has 2 aromatic rings. The molecule has 27 heavy (non-hydrogen) atoms. The molecule has 144 valence electrons. The summed E-state index contributed by atoms with van der Waals surface area (Å²) in [5.41, 5.74) is 0.129. The number of anilines is 1. The van der Waals surface area contributed by atoms with Crippen molar-refractivity contribution in [2.24, 2.45) is 11.3 Å². The predicted octanol–water partition coefficient (Wildman–Crippen LogP) is 3.18. The summed E-state index contributed by atoms with van der Waals surface area (Å²) in [7, 11) is 0. The maximum absolute atomic E-state index is 12.3. The van der Waals surface area contributed by atoms with Crippen LogP contribution in [0, 0.1) is 25.2 Å². The van der Waals surface area contributed by atoms with Crippen LogP contribution >= 0.6 is 11.3 Å². The average Bonchev–Trinajstić information content (AvgIpc) is 3.25. The Bertz CT molecular complexity index is 941. The van der Waals surface area contributed by atoms with E-state index in [2.05, 4.69) is 14.9 Å². The van der Waals surface area contributed by atoms with Crippen LogP contribution in [0.3, 0.4) is 0 Å². The van der Waals surface area contributed by atoms with E-state index in [1.807, 2.05) is 13.8 Å². The second-order valence-corrected chi connectivity index (χ2v) is 8.48. The quantitative estimate of drug-likeness (QED) is 0.803. The molecule has 1 aliphatic carbocycles. The van der Waals surface area contributed by atoms with Gasteiger partial charge in [-0.3, -0.25) is 4.79 Å². The highest BCUT2D eigenvalue weighted by Gasteiger charge is 2.55. The summed E-state index contributed by atoms with van der Waals surface area (Å²) in [6.07, 6.45) is 2.62. The summed E-state index contributed by atoms with van der Waals surface area (Å²) in [6, 6.07) is 0. The van der Waals surface area contributed by atoms with Crippen molar-refractivity contribution in [3.8, 4) is 0 Å². The standard InChI is InChI=1S/C19H23N3O4S/c1-4-26-17(23)14-10(2)13-15(20-11(3)21-16(13)27-14)22-8-12-6-5-7-19(12,9-22)18(24)25/h12H,4-9H2,1-3H3,(H,24,25)/t12-,19+/m0/s1. The highest BCUT2D eigenvalue weighted by molar-refractivity contribution is 7.20. The van der Waals surface area contributed by atoms with E-state index >= 15 is 0 Å². The van der Waals surface area contributed by atoms with Gasteiger partial charge in [-0.15, -0.1) is 11.3 Å². The second kappa shape index (κ2) is 6.44. The summed E-state index contributed by atoms with van der Waals surface area (Å²) in [6.45, 7) is 6.96. The summed E-state index contributed by atoms with van der Waals surface area (Å²) in [4.78, 5) is 36.9. The molecule has 0 aromatic carbocycles. The molecule has 8 heteroatoms. The number of thiophene rings is 1. The van der Waals surface area contributed by atoms with Crippen molar-refractivity contribution < 1.29 is 19.4 Å². The lowest BCUT2D eigenvalue weighted by molar-refractivity contribution is -0.149. The molecule has 1 N–H and O–H groups in total.